The Labute approximate surface area is 175 Å². The monoisotopic (exact) mass is 408 g/mol. The molecule has 6 aliphatic rings. The first-order chi connectivity index (χ1) is 14.3. The molecule has 9 unspecified atom stereocenters. The van der Waals surface area contributed by atoms with Gasteiger partial charge < -0.3 is 20.5 Å². The lowest BCUT2D eigenvalue weighted by molar-refractivity contribution is -0.126. The number of amides is 2. The van der Waals surface area contributed by atoms with Crippen molar-refractivity contribution in [2.75, 3.05) is 11.9 Å². The van der Waals surface area contributed by atoms with Crippen LogP contribution in [0.1, 0.15) is 43.5 Å². The normalized spacial score (nSPS) is 47.1. The number of ether oxygens (including phenoxy) is 1. The average molecular weight is 408 g/mol. The van der Waals surface area contributed by atoms with Gasteiger partial charge in [-0.2, -0.15) is 0 Å². The van der Waals surface area contributed by atoms with E-state index in [1.165, 1.54) is 12.8 Å². The molecule has 3 N–H and O–H groups in total. The molecule has 1 aromatic rings. The lowest BCUT2D eigenvalue weighted by Crippen LogP contribution is -2.59. The van der Waals surface area contributed by atoms with Crippen molar-refractivity contribution >= 4 is 17.5 Å². The number of carbonyl (C=O) groups excluding carboxylic acids is 2. The first-order valence-corrected chi connectivity index (χ1v) is 11.4. The van der Waals surface area contributed by atoms with Crippen molar-refractivity contribution in [1.82, 2.24) is 5.32 Å². The second-order valence-electron chi connectivity index (χ2n) is 11.3. The number of rotatable bonds is 3. The van der Waals surface area contributed by atoms with Gasteiger partial charge in [0.25, 0.3) is 0 Å². The highest BCUT2D eigenvalue weighted by atomic mass is 16.5. The molecule has 0 radical (unpaired) electrons. The Morgan fingerprint density at radius 2 is 1.90 bits per heavy atom. The molecule has 2 bridgehead atoms. The van der Waals surface area contributed by atoms with Crippen molar-refractivity contribution in [3.8, 4) is 5.75 Å². The first-order valence-electron chi connectivity index (χ1n) is 11.4. The molecule has 30 heavy (non-hydrogen) atoms. The van der Waals surface area contributed by atoms with Crippen LogP contribution in [0, 0.1) is 47.3 Å². The zero-order valence-electron chi connectivity index (χ0n) is 17.4. The summed E-state index contributed by atoms with van der Waals surface area (Å²) in [5.41, 5.74) is -0.162. The van der Waals surface area contributed by atoms with Crippen molar-refractivity contribution < 1.29 is 19.4 Å². The summed E-state index contributed by atoms with van der Waals surface area (Å²) >= 11 is 0. The number of Topliss-reactive ketones (excluding diaryl/α,β-unsaturated/α-hetero) is 1. The molecular formula is C24H28N2O4. The fraction of sp³-hybridized carbons (Fsp3) is 0.667. The van der Waals surface area contributed by atoms with E-state index >= 15 is 0 Å². The van der Waals surface area contributed by atoms with Crippen molar-refractivity contribution in [2.45, 2.75) is 44.3 Å². The first kappa shape index (κ1) is 17.6. The number of nitrogens with one attached hydrogen (secondary N) is 2. The van der Waals surface area contributed by atoms with Crippen LogP contribution in [-0.4, -0.2) is 34.7 Å². The number of aliphatic hydroxyl groups is 1. The van der Waals surface area contributed by atoms with Crippen LogP contribution in [0.2, 0.25) is 0 Å². The van der Waals surface area contributed by atoms with E-state index in [0.29, 0.717) is 59.6 Å². The van der Waals surface area contributed by atoms with Gasteiger partial charge in [0.1, 0.15) is 11.4 Å². The summed E-state index contributed by atoms with van der Waals surface area (Å²) in [6, 6.07) is 4.85. The molecule has 5 saturated carbocycles. The van der Waals surface area contributed by atoms with Gasteiger partial charge in [-0.05, 0) is 92.2 Å². The Morgan fingerprint density at radius 3 is 2.73 bits per heavy atom. The molecule has 5 fully saturated rings. The molecule has 1 heterocycles. The van der Waals surface area contributed by atoms with Crippen LogP contribution in [-0.2, 0) is 0 Å². The van der Waals surface area contributed by atoms with Gasteiger partial charge in [0.15, 0.2) is 5.78 Å². The predicted molar refractivity (Wildman–Crippen MR) is 109 cm³/mol. The number of urea groups is 1. The van der Waals surface area contributed by atoms with E-state index in [1.807, 2.05) is 13.8 Å². The zero-order chi connectivity index (χ0) is 20.6. The fourth-order valence-corrected chi connectivity index (χ4v) is 9.09. The zero-order valence-corrected chi connectivity index (χ0v) is 17.4. The van der Waals surface area contributed by atoms with Gasteiger partial charge in [0, 0.05) is 12.2 Å². The van der Waals surface area contributed by atoms with Crippen molar-refractivity contribution in [3.05, 3.63) is 23.8 Å². The molecule has 0 spiro atoms. The van der Waals surface area contributed by atoms with Crippen LogP contribution < -0.4 is 15.4 Å². The van der Waals surface area contributed by atoms with E-state index < -0.39 is 11.2 Å². The highest BCUT2D eigenvalue weighted by molar-refractivity contribution is 6.02. The summed E-state index contributed by atoms with van der Waals surface area (Å²) in [4.78, 5) is 25.1. The summed E-state index contributed by atoms with van der Waals surface area (Å²) in [5, 5.41) is 17.4. The third-order valence-corrected chi connectivity index (χ3v) is 9.56. The van der Waals surface area contributed by atoms with Gasteiger partial charge in [0.2, 0.25) is 0 Å². The minimum atomic E-state index is -0.729. The molecule has 1 aliphatic heterocycles. The summed E-state index contributed by atoms with van der Waals surface area (Å²) in [6.45, 7) is 4.12. The Hall–Kier alpha value is -2.08. The molecule has 5 aliphatic carbocycles. The van der Waals surface area contributed by atoms with Gasteiger partial charge in [0.05, 0.1) is 17.6 Å². The average Bonchev–Trinajstić information content (AvgIpc) is 3.19. The van der Waals surface area contributed by atoms with Crippen LogP contribution in [0.25, 0.3) is 0 Å². The third kappa shape index (κ3) is 1.95. The topological polar surface area (TPSA) is 87.7 Å². The van der Waals surface area contributed by atoms with Crippen LogP contribution in [0.5, 0.6) is 5.75 Å². The van der Waals surface area contributed by atoms with Gasteiger partial charge in [-0.15, -0.1) is 0 Å². The highest BCUT2D eigenvalue weighted by Crippen LogP contribution is 2.85. The molecule has 6 heteroatoms. The van der Waals surface area contributed by atoms with Crippen LogP contribution in [0.4, 0.5) is 10.5 Å². The van der Waals surface area contributed by atoms with Gasteiger partial charge in [-0.1, -0.05) is 0 Å². The fourth-order valence-electron chi connectivity index (χ4n) is 9.09. The van der Waals surface area contributed by atoms with Crippen molar-refractivity contribution in [2.24, 2.45) is 47.3 Å². The van der Waals surface area contributed by atoms with Gasteiger partial charge in [-0.3, -0.25) is 4.79 Å². The standard InChI is InChI=1S/C24H28N2O4/c1-23(2)8-16(27)13-5-10(3-4-17(13)30-23)26-22(28)25-9-24(29)20-12-7-14-18-11(12)6-15(20)19(18)21(14)24/h3-5,11-12,14-15,18-21,29H,6-9H2,1-2H3,(H2,25,26,28). The molecule has 2 amide bonds. The van der Waals surface area contributed by atoms with E-state index in [0.717, 1.165) is 17.8 Å². The number of hydrogen-bond donors (Lipinski definition) is 3. The molecular weight excluding hydrogens is 380 g/mol. The van der Waals surface area contributed by atoms with E-state index in [9.17, 15) is 14.7 Å². The molecule has 0 aromatic heterocycles. The van der Waals surface area contributed by atoms with E-state index in [1.54, 1.807) is 18.2 Å². The maximum atomic E-state index is 12.6. The quantitative estimate of drug-likeness (QED) is 0.717. The molecule has 158 valence electrons. The molecule has 1 aromatic carbocycles. The van der Waals surface area contributed by atoms with Crippen molar-refractivity contribution in [3.63, 3.8) is 0 Å². The Morgan fingerprint density at radius 1 is 1.13 bits per heavy atom. The lowest BCUT2D eigenvalue weighted by Gasteiger charge is -2.51. The predicted octanol–water partition coefficient (Wildman–Crippen LogP) is 3.06. The lowest BCUT2D eigenvalue weighted by atomic mass is 9.56. The van der Waals surface area contributed by atoms with E-state index in [-0.39, 0.29) is 11.8 Å². The Bertz CT molecular complexity index is 999. The number of fused-ring (bicyclic) bond motifs is 3. The van der Waals surface area contributed by atoms with Crippen LogP contribution in [0.15, 0.2) is 18.2 Å². The highest BCUT2D eigenvalue weighted by Gasteiger charge is 2.84. The van der Waals surface area contributed by atoms with Crippen LogP contribution in [0.3, 0.4) is 0 Å². The number of hydrogen-bond acceptors (Lipinski definition) is 4. The number of ketones is 1. The number of anilines is 1. The summed E-state index contributed by atoms with van der Waals surface area (Å²) in [5.74, 6) is 5.89. The molecule has 9 atom stereocenters. The number of carbonyl (C=O) groups is 2. The minimum absolute atomic E-state index is 0.0237. The summed E-state index contributed by atoms with van der Waals surface area (Å²) in [7, 11) is 0. The third-order valence-electron chi connectivity index (χ3n) is 9.56. The van der Waals surface area contributed by atoms with Crippen LogP contribution >= 0.6 is 0 Å². The summed E-state index contributed by atoms with van der Waals surface area (Å²) < 4.78 is 5.88. The SMILES string of the molecule is CC1(C)CC(=O)c2cc(NC(=O)NCC3(O)C4C5CC6C7C5CC4C7C63)ccc2O1. The molecule has 0 saturated heterocycles. The molecule has 6 nitrogen and oxygen atoms in total. The Kier molecular flexibility index (Phi) is 3.05. The maximum absolute atomic E-state index is 12.6. The minimum Gasteiger partial charge on any atom is -0.487 e. The smallest absolute Gasteiger partial charge is 0.319 e. The van der Waals surface area contributed by atoms with E-state index in [4.69, 9.17) is 4.74 Å². The molecule has 7 rings (SSSR count). The number of benzene rings is 1. The van der Waals surface area contributed by atoms with Crippen molar-refractivity contribution in [1.29, 1.82) is 0 Å². The second-order valence-corrected chi connectivity index (χ2v) is 11.3. The largest absolute Gasteiger partial charge is 0.487 e. The van der Waals surface area contributed by atoms with E-state index in [2.05, 4.69) is 10.6 Å². The summed E-state index contributed by atoms with van der Waals surface area (Å²) in [6.07, 6.45) is 2.94. The van der Waals surface area contributed by atoms with Gasteiger partial charge in [-0.25, -0.2) is 4.79 Å². The van der Waals surface area contributed by atoms with Gasteiger partial charge >= 0.3 is 6.03 Å². The maximum Gasteiger partial charge on any atom is 0.319 e. The Balaban J connectivity index is 1.05. The second kappa shape index (κ2) is 5.21.